The van der Waals surface area contributed by atoms with E-state index in [4.69, 9.17) is 4.74 Å². The Balaban J connectivity index is 1.81. The largest absolute Gasteiger partial charge is 0.465 e. The Kier molecular flexibility index (Phi) is 6.52. The molecule has 1 aromatic heterocycles. The van der Waals surface area contributed by atoms with Crippen LogP contribution in [0.2, 0.25) is 0 Å². The number of ether oxygens (including phenoxy) is 1. The summed E-state index contributed by atoms with van der Waals surface area (Å²) in [5.41, 5.74) is 1.03. The monoisotopic (exact) mass is 319 g/mol. The first kappa shape index (κ1) is 17.4. The van der Waals surface area contributed by atoms with E-state index in [1.807, 2.05) is 18.2 Å². The fraction of sp³-hybridized carbons (Fsp3) is 0.588. The van der Waals surface area contributed by atoms with Gasteiger partial charge in [0.05, 0.1) is 13.2 Å². The number of likely N-dealkylation sites (N-methyl/N-ethyl adjacent to an activating group) is 1. The van der Waals surface area contributed by atoms with Crippen LogP contribution in [0.15, 0.2) is 24.4 Å². The van der Waals surface area contributed by atoms with E-state index < -0.39 is 0 Å². The number of aromatic nitrogens is 1. The van der Waals surface area contributed by atoms with Crippen LogP contribution in [0, 0.1) is 0 Å². The SMILES string of the molecule is CCOC(=O)CN(C)C(=O)CN(CCc1ccccn1)C1CC1. The van der Waals surface area contributed by atoms with Crippen molar-refractivity contribution in [1.82, 2.24) is 14.8 Å². The molecule has 6 nitrogen and oxygen atoms in total. The molecule has 0 unspecified atom stereocenters. The Hall–Kier alpha value is -1.95. The van der Waals surface area contributed by atoms with Crippen molar-refractivity contribution in [2.24, 2.45) is 0 Å². The zero-order chi connectivity index (χ0) is 16.7. The van der Waals surface area contributed by atoms with Crippen molar-refractivity contribution in [2.75, 3.05) is 33.3 Å². The molecule has 1 heterocycles. The first-order valence-corrected chi connectivity index (χ1v) is 8.13. The second kappa shape index (κ2) is 8.62. The molecule has 1 aromatic rings. The second-order valence-electron chi connectivity index (χ2n) is 5.83. The molecular formula is C17H25N3O3. The van der Waals surface area contributed by atoms with Gasteiger partial charge in [-0.25, -0.2) is 0 Å². The maximum absolute atomic E-state index is 12.3. The molecule has 6 heteroatoms. The topological polar surface area (TPSA) is 62.7 Å². The van der Waals surface area contributed by atoms with Gasteiger partial charge in [-0.2, -0.15) is 0 Å². The molecule has 1 aliphatic rings. The van der Waals surface area contributed by atoms with E-state index in [1.54, 1.807) is 20.2 Å². The molecule has 0 N–H and O–H groups in total. The summed E-state index contributed by atoms with van der Waals surface area (Å²) in [4.78, 5) is 31.7. The van der Waals surface area contributed by atoms with Gasteiger partial charge in [-0.05, 0) is 31.9 Å². The Morgan fingerprint density at radius 2 is 2.09 bits per heavy atom. The third kappa shape index (κ3) is 5.98. The number of carbonyl (C=O) groups excluding carboxylic acids is 2. The molecule has 1 amide bonds. The van der Waals surface area contributed by atoms with Crippen molar-refractivity contribution in [3.05, 3.63) is 30.1 Å². The lowest BCUT2D eigenvalue weighted by Crippen LogP contribution is -2.42. The van der Waals surface area contributed by atoms with Gasteiger partial charge in [-0.3, -0.25) is 19.5 Å². The van der Waals surface area contributed by atoms with Crippen molar-refractivity contribution in [3.8, 4) is 0 Å². The lowest BCUT2D eigenvalue weighted by molar-refractivity contribution is -0.148. The van der Waals surface area contributed by atoms with Crippen LogP contribution < -0.4 is 0 Å². The van der Waals surface area contributed by atoms with Crippen molar-refractivity contribution in [1.29, 1.82) is 0 Å². The molecule has 126 valence electrons. The highest BCUT2D eigenvalue weighted by Crippen LogP contribution is 2.26. The maximum Gasteiger partial charge on any atom is 0.325 e. The van der Waals surface area contributed by atoms with Crippen LogP contribution in [0.3, 0.4) is 0 Å². The van der Waals surface area contributed by atoms with Crippen LogP contribution in [0.4, 0.5) is 0 Å². The van der Waals surface area contributed by atoms with Gasteiger partial charge < -0.3 is 9.64 Å². The number of nitrogens with zero attached hydrogens (tertiary/aromatic N) is 3. The van der Waals surface area contributed by atoms with Crippen molar-refractivity contribution >= 4 is 11.9 Å². The highest BCUT2D eigenvalue weighted by atomic mass is 16.5. The molecule has 0 saturated heterocycles. The summed E-state index contributed by atoms with van der Waals surface area (Å²) in [6.45, 7) is 3.24. The Labute approximate surface area is 137 Å². The van der Waals surface area contributed by atoms with Gasteiger partial charge in [-0.15, -0.1) is 0 Å². The molecule has 1 saturated carbocycles. The lowest BCUT2D eigenvalue weighted by Gasteiger charge is -2.24. The van der Waals surface area contributed by atoms with Crippen LogP contribution in [0.5, 0.6) is 0 Å². The molecular weight excluding hydrogens is 294 g/mol. The number of hydrogen-bond acceptors (Lipinski definition) is 5. The van der Waals surface area contributed by atoms with Gasteiger partial charge in [0.15, 0.2) is 0 Å². The molecule has 0 aromatic carbocycles. The minimum Gasteiger partial charge on any atom is -0.465 e. The van der Waals surface area contributed by atoms with Gasteiger partial charge in [0.25, 0.3) is 0 Å². The first-order chi connectivity index (χ1) is 11.1. The van der Waals surface area contributed by atoms with Crippen LogP contribution in [0.25, 0.3) is 0 Å². The number of hydrogen-bond donors (Lipinski definition) is 0. The Morgan fingerprint density at radius 3 is 2.70 bits per heavy atom. The molecule has 0 radical (unpaired) electrons. The summed E-state index contributed by atoms with van der Waals surface area (Å²) in [7, 11) is 1.64. The number of carbonyl (C=O) groups is 2. The lowest BCUT2D eigenvalue weighted by atomic mass is 10.2. The summed E-state index contributed by atoms with van der Waals surface area (Å²) in [6.07, 6.45) is 4.88. The van der Waals surface area contributed by atoms with E-state index in [2.05, 4.69) is 9.88 Å². The van der Waals surface area contributed by atoms with Crippen LogP contribution in [-0.2, 0) is 20.7 Å². The van der Waals surface area contributed by atoms with E-state index in [0.717, 1.165) is 31.5 Å². The van der Waals surface area contributed by atoms with Crippen LogP contribution in [-0.4, -0.2) is 66.0 Å². The molecule has 1 fully saturated rings. The number of pyridine rings is 1. The quantitative estimate of drug-likeness (QED) is 0.638. The van der Waals surface area contributed by atoms with Crippen molar-refractivity contribution in [2.45, 2.75) is 32.2 Å². The summed E-state index contributed by atoms with van der Waals surface area (Å²) < 4.78 is 4.88. The van der Waals surface area contributed by atoms with Crippen LogP contribution >= 0.6 is 0 Å². The summed E-state index contributed by atoms with van der Waals surface area (Å²) >= 11 is 0. The van der Waals surface area contributed by atoms with Gasteiger partial charge in [0.1, 0.15) is 6.54 Å². The smallest absolute Gasteiger partial charge is 0.325 e. The minimum absolute atomic E-state index is 0.00538. The fourth-order valence-corrected chi connectivity index (χ4v) is 2.42. The minimum atomic E-state index is -0.366. The molecule has 0 aliphatic heterocycles. The van der Waals surface area contributed by atoms with E-state index in [-0.39, 0.29) is 18.4 Å². The number of amides is 1. The third-order valence-corrected chi connectivity index (χ3v) is 3.88. The normalized spacial score (nSPS) is 13.9. The average molecular weight is 319 g/mol. The molecule has 23 heavy (non-hydrogen) atoms. The van der Waals surface area contributed by atoms with Gasteiger partial charge in [0.2, 0.25) is 5.91 Å². The molecule has 2 rings (SSSR count). The Morgan fingerprint density at radius 1 is 1.30 bits per heavy atom. The summed E-state index contributed by atoms with van der Waals surface area (Å²) in [5, 5.41) is 0. The molecule has 1 aliphatic carbocycles. The van der Waals surface area contributed by atoms with Crippen molar-refractivity contribution in [3.63, 3.8) is 0 Å². The highest BCUT2D eigenvalue weighted by Gasteiger charge is 2.30. The van der Waals surface area contributed by atoms with Gasteiger partial charge >= 0.3 is 5.97 Å². The third-order valence-electron chi connectivity index (χ3n) is 3.88. The standard InChI is InChI=1S/C17H25N3O3/c1-3-23-17(22)13-19(2)16(21)12-20(15-7-8-15)11-9-14-6-4-5-10-18-14/h4-6,10,15H,3,7-9,11-13H2,1-2H3. The second-order valence-corrected chi connectivity index (χ2v) is 5.83. The highest BCUT2D eigenvalue weighted by molar-refractivity contribution is 5.83. The van der Waals surface area contributed by atoms with Gasteiger partial charge in [0, 0.05) is 37.9 Å². The molecule has 0 bridgehead atoms. The zero-order valence-electron chi connectivity index (χ0n) is 13.9. The van der Waals surface area contributed by atoms with E-state index in [9.17, 15) is 9.59 Å². The number of esters is 1. The van der Waals surface area contributed by atoms with Gasteiger partial charge in [-0.1, -0.05) is 6.07 Å². The Bertz CT molecular complexity index is 517. The van der Waals surface area contributed by atoms with E-state index >= 15 is 0 Å². The zero-order valence-corrected chi connectivity index (χ0v) is 13.9. The van der Waals surface area contributed by atoms with Crippen molar-refractivity contribution < 1.29 is 14.3 Å². The predicted molar refractivity (Wildman–Crippen MR) is 86.8 cm³/mol. The van der Waals surface area contributed by atoms with E-state index in [1.165, 1.54) is 4.90 Å². The number of rotatable bonds is 9. The van der Waals surface area contributed by atoms with E-state index in [0.29, 0.717) is 19.2 Å². The fourth-order valence-electron chi connectivity index (χ4n) is 2.42. The average Bonchev–Trinajstić information content (AvgIpc) is 3.37. The molecule has 0 spiro atoms. The maximum atomic E-state index is 12.3. The van der Waals surface area contributed by atoms with Crippen LogP contribution in [0.1, 0.15) is 25.5 Å². The first-order valence-electron chi connectivity index (χ1n) is 8.13. The summed E-state index contributed by atoms with van der Waals surface area (Å²) in [6, 6.07) is 6.36. The summed E-state index contributed by atoms with van der Waals surface area (Å²) in [5.74, 6) is -0.416. The molecule has 0 atom stereocenters. The predicted octanol–water partition coefficient (Wildman–Crippen LogP) is 1.11.